The van der Waals surface area contributed by atoms with Gasteiger partial charge < -0.3 is 10.1 Å². The fraction of sp³-hybridized carbons (Fsp3) is 0.174. The molecule has 0 aliphatic carbocycles. The first kappa shape index (κ1) is 22.7. The number of benzene rings is 3. The summed E-state index contributed by atoms with van der Waals surface area (Å²) in [4.78, 5) is 12.9. The molecule has 0 saturated carbocycles. The SMILES string of the molecule is CCOc1ccc(S(=O)(=O)N(CC(=O)Nc2cc(Cl)ccc2C)c2ccccc2)cc1. The van der Waals surface area contributed by atoms with Crippen molar-refractivity contribution < 1.29 is 17.9 Å². The first-order valence-corrected chi connectivity index (χ1v) is 11.5. The number of sulfonamides is 1. The Balaban J connectivity index is 1.91. The minimum absolute atomic E-state index is 0.0616. The summed E-state index contributed by atoms with van der Waals surface area (Å²) in [7, 11) is -4.00. The van der Waals surface area contributed by atoms with Crippen molar-refractivity contribution in [1.82, 2.24) is 0 Å². The summed E-state index contributed by atoms with van der Waals surface area (Å²) in [6, 6.07) is 19.7. The molecule has 1 N–H and O–H groups in total. The Morgan fingerprint density at radius 2 is 1.71 bits per heavy atom. The van der Waals surface area contributed by atoms with Crippen LogP contribution in [0.25, 0.3) is 0 Å². The number of nitrogens with one attached hydrogen (secondary N) is 1. The molecule has 31 heavy (non-hydrogen) atoms. The molecule has 0 radical (unpaired) electrons. The zero-order valence-corrected chi connectivity index (χ0v) is 18.8. The lowest BCUT2D eigenvalue weighted by atomic mass is 10.2. The summed E-state index contributed by atoms with van der Waals surface area (Å²) in [6.07, 6.45) is 0. The highest BCUT2D eigenvalue weighted by Crippen LogP contribution is 2.26. The Hall–Kier alpha value is -3.03. The van der Waals surface area contributed by atoms with Crippen LogP contribution in [-0.2, 0) is 14.8 Å². The Morgan fingerprint density at radius 3 is 2.35 bits per heavy atom. The number of carbonyl (C=O) groups excluding carboxylic acids is 1. The van der Waals surface area contributed by atoms with Gasteiger partial charge in [0.25, 0.3) is 10.0 Å². The molecular formula is C23H23ClN2O4S. The molecule has 0 spiro atoms. The Bertz CT molecular complexity index is 1150. The predicted molar refractivity (Wildman–Crippen MR) is 123 cm³/mol. The summed E-state index contributed by atoms with van der Waals surface area (Å²) in [5.41, 5.74) is 1.73. The molecule has 8 heteroatoms. The van der Waals surface area contributed by atoms with Crippen LogP contribution in [0.4, 0.5) is 11.4 Å². The van der Waals surface area contributed by atoms with Crippen LogP contribution in [0.2, 0.25) is 5.02 Å². The van der Waals surface area contributed by atoms with Crippen molar-refractivity contribution >= 4 is 38.9 Å². The normalized spacial score (nSPS) is 11.1. The first-order chi connectivity index (χ1) is 14.8. The molecule has 0 bridgehead atoms. The number of aryl methyl sites for hydroxylation is 1. The smallest absolute Gasteiger partial charge is 0.264 e. The molecule has 3 rings (SSSR count). The van der Waals surface area contributed by atoms with Gasteiger partial charge in [0.2, 0.25) is 5.91 Å². The first-order valence-electron chi connectivity index (χ1n) is 9.68. The van der Waals surface area contributed by atoms with Crippen molar-refractivity contribution in [1.29, 1.82) is 0 Å². The Morgan fingerprint density at radius 1 is 1.03 bits per heavy atom. The van der Waals surface area contributed by atoms with Crippen LogP contribution in [0.1, 0.15) is 12.5 Å². The van der Waals surface area contributed by atoms with E-state index in [0.29, 0.717) is 28.8 Å². The molecule has 0 fully saturated rings. The van der Waals surface area contributed by atoms with Gasteiger partial charge in [0.15, 0.2) is 0 Å². The summed E-state index contributed by atoms with van der Waals surface area (Å²) >= 11 is 6.02. The highest BCUT2D eigenvalue weighted by molar-refractivity contribution is 7.92. The molecule has 0 aromatic heterocycles. The number of hydrogen-bond acceptors (Lipinski definition) is 4. The fourth-order valence-corrected chi connectivity index (χ4v) is 4.55. The van der Waals surface area contributed by atoms with E-state index in [1.54, 1.807) is 60.7 Å². The zero-order chi connectivity index (χ0) is 22.4. The lowest BCUT2D eigenvalue weighted by molar-refractivity contribution is -0.114. The zero-order valence-electron chi connectivity index (χ0n) is 17.2. The quantitative estimate of drug-likeness (QED) is 0.522. The Kier molecular flexibility index (Phi) is 7.20. The average molecular weight is 459 g/mol. The number of anilines is 2. The molecule has 6 nitrogen and oxygen atoms in total. The third-order valence-corrected chi connectivity index (χ3v) is 6.55. The number of hydrogen-bond donors (Lipinski definition) is 1. The van der Waals surface area contributed by atoms with Gasteiger partial charge in [-0.3, -0.25) is 9.10 Å². The van der Waals surface area contributed by atoms with Crippen LogP contribution >= 0.6 is 11.6 Å². The molecular weight excluding hydrogens is 436 g/mol. The number of ether oxygens (including phenoxy) is 1. The van der Waals surface area contributed by atoms with E-state index in [1.165, 1.54) is 12.1 Å². The maximum absolute atomic E-state index is 13.4. The van der Waals surface area contributed by atoms with Gasteiger partial charge in [0.05, 0.1) is 17.2 Å². The maximum Gasteiger partial charge on any atom is 0.264 e. The minimum Gasteiger partial charge on any atom is -0.494 e. The van der Waals surface area contributed by atoms with Gasteiger partial charge in [0, 0.05) is 10.7 Å². The number of halogens is 1. The van der Waals surface area contributed by atoms with E-state index in [0.717, 1.165) is 9.87 Å². The van der Waals surface area contributed by atoms with E-state index in [-0.39, 0.29) is 4.90 Å². The van der Waals surface area contributed by atoms with Crippen LogP contribution < -0.4 is 14.4 Å². The monoisotopic (exact) mass is 458 g/mol. The van der Waals surface area contributed by atoms with Crippen LogP contribution in [0, 0.1) is 6.92 Å². The third kappa shape index (κ3) is 5.57. The van der Waals surface area contributed by atoms with E-state index in [2.05, 4.69) is 5.32 Å². The van der Waals surface area contributed by atoms with Crippen LogP contribution in [-0.4, -0.2) is 27.5 Å². The van der Waals surface area contributed by atoms with Gasteiger partial charge in [-0.25, -0.2) is 8.42 Å². The van der Waals surface area contributed by atoms with Crippen LogP contribution in [0.15, 0.2) is 77.7 Å². The van der Waals surface area contributed by atoms with Crippen LogP contribution in [0.5, 0.6) is 5.75 Å². The highest BCUT2D eigenvalue weighted by Gasteiger charge is 2.27. The molecule has 0 atom stereocenters. The van der Waals surface area contributed by atoms with Crippen molar-refractivity contribution in [2.24, 2.45) is 0 Å². The lowest BCUT2D eigenvalue weighted by Gasteiger charge is -2.24. The van der Waals surface area contributed by atoms with Gasteiger partial charge in [-0.15, -0.1) is 0 Å². The van der Waals surface area contributed by atoms with E-state index in [4.69, 9.17) is 16.3 Å². The number of para-hydroxylation sites is 1. The van der Waals surface area contributed by atoms with Crippen molar-refractivity contribution in [2.45, 2.75) is 18.7 Å². The van der Waals surface area contributed by atoms with Crippen molar-refractivity contribution in [2.75, 3.05) is 22.8 Å². The van der Waals surface area contributed by atoms with Gasteiger partial charge in [0.1, 0.15) is 12.3 Å². The standard InChI is InChI=1S/C23H23ClN2O4S/c1-3-30-20-11-13-21(14-12-20)31(28,29)26(19-7-5-4-6-8-19)16-23(27)25-22-15-18(24)10-9-17(22)2/h4-15H,3,16H2,1-2H3,(H,25,27). The molecule has 0 aliphatic heterocycles. The van der Waals surface area contributed by atoms with E-state index in [1.807, 2.05) is 13.8 Å². The van der Waals surface area contributed by atoms with Crippen molar-refractivity contribution in [3.8, 4) is 5.75 Å². The largest absolute Gasteiger partial charge is 0.494 e. The minimum atomic E-state index is -4.00. The molecule has 162 valence electrons. The van der Waals surface area contributed by atoms with E-state index >= 15 is 0 Å². The molecule has 0 aliphatic rings. The average Bonchev–Trinajstić information content (AvgIpc) is 2.76. The molecule has 0 unspecified atom stereocenters. The molecule has 0 saturated heterocycles. The van der Waals surface area contributed by atoms with Crippen LogP contribution in [0.3, 0.4) is 0 Å². The number of nitrogens with zero attached hydrogens (tertiary/aromatic N) is 1. The summed E-state index contributed by atoms with van der Waals surface area (Å²) in [6.45, 7) is 3.76. The predicted octanol–water partition coefficient (Wildman–Crippen LogP) is 4.88. The highest BCUT2D eigenvalue weighted by atomic mass is 35.5. The summed E-state index contributed by atoms with van der Waals surface area (Å²) < 4.78 is 33.3. The molecule has 3 aromatic rings. The molecule has 3 aromatic carbocycles. The van der Waals surface area contributed by atoms with Gasteiger partial charge >= 0.3 is 0 Å². The fourth-order valence-electron chi connectivity index (χ4n) is 2.96. The molecule has 1 amide bonds. The second-order valence-electron chi connectivity index (χ2n) is 6.76. The van der Waals surface area contributed by atoms with Gasteiger partial charge in [-0.1, -0.05) is 35.9 Å². The Labute approximate surface area is 187 Å². The lowest BCUT2D eigenvalue weighted by Crippen LogP contribution is -2.38. The topological polar surface area (TPSA) is 75.7 Å². The number of rotatable bonds is 8. The second kappa shape index (κ2) is 9.85. The second-order valence-corrected chi connectivity index (χ2v) is 9.06. The number of amides is 1. The van der Waals surface area contributed by atoms with Gasteiger partial charge in [-0.2, -0.15) is 0 Å². The van der Waals surface area contributed by atoms with Crippen molar-refractivity contribution in [3.05, 3.63) is 83.4 Å². The van der Waals surface area contributed by atoms with Crippen molar-refractivity contribution in [3.63, 3.8) is 0 Å². The maximum atomic E-state index is 13.4. The number of carbonyl (C=O) groups is 1. The summed E-state index contributed by atoms with van der Waals surface area (Å²) in [5.74, 6) is 0.0885. The van der Waals surface area contributed by atoms with Gasteiger partial charge in [-0.05, 0) is 67.9 Å². The molecule has 0 heterocycles. The summed E-state index contributed by atoms with van der Waals surface area (Å²) in [5, 5.41) is 3.23. The van der Waals surface area contributed by atoms with E-state index < -0.39 is 22.5 Å². The van der Waals surface area contributed by atoms with E-state index in [9.17, 15) is 13.2 Å². The third-order valence-electron chi connectivity index (χ3n) is 4.53.